The van der Waals surface area contributed by atoms with Crippen molar-refractivity contribution in [3.05, 3.63) is 48.6 Å². The molecule has 0 aromatic heterocycles. The van der Waals surface area contributed by atoms with Gasteiger partial charge in [0.15, 0.2) is 12.6 Å². The number of rotatable bonds is 75. The predicted molar refractivity (Wildman–Crippen MR) is 424 cm³/mol. The van der Waals surface area contributed by atoms with Crippen LogP contribution in [0.3, 0.4) is 0 Å². The van der Waals surface area contributed by atoms with E-state index < -0.39 is 86.8 Å². The van der Waals surface area contributed by atoms with Crippen molar-refractivity contribution in [2.45, 2.75) is 485 Å². The molecule has 2 saturated heterocycles. The van der Waals surface area contributed by atoms with E-state index in [-0.39, 0.29) is 18.9 Å². The molecule has 2 fully saturated rings. The minimum absolute atomic E-state index is 0.245. The highest BCUT2D eigenvalue weighted by atomic mass is 16.7. The van der Waals surface area contributed by atoms with Crippen LogP contribution in [-0.2, 0) is 23.7 Å². The molecule has 0 aliphatic carbocycles. The number of carbonyl (C=O) groups excluding carboxylic acids is 1. The van der Waals surface area contributed by atoms with E-state index in [1.54, 1.807) is 6.08 Å². The summed E-state index contributed by atoms with van der Waals surface area (Å²) in [6.45, 7) is 2.85. The molecule has 2 aliphatic heterocycles. The van der Waals surface area contributed by atoms with Gasteiger partial charge in [0.1, 0.15) is 48.8 Å². The summed E-state index contributed by atoms with van der Waals surface area (Å²) in [6.07, 6.45) is 80.9. The number of allylic oxidation sites excluding steroid dienone is 7. The zero-order chi connectivity index (χ0) is 73.7. The monoisotopic (exact) mass is 1440 g/mol. The summed E-state index contributed by atoms with van der Waals surface area (Å²) >= 11 is 0. The molecular formula is C88H165NO13. The number of hydrogen-bond donors (Lipinski definition) is 9. The van der Waals surface area contributed by atoms with Gasteiger partial charge in [0.2, 0.25) is 5.91 Å². The van der Waals surface area contributed by atoms with Crippen molar-refractivity contribution >= 4 is 5.91 Å². The number of aliphatic hydroxyl groups is 8. The number of nitrogens with one attached hydrogen (secondary N) is 1. The van der Waals surface area contributed by atoms with Gasteiger partial charge < -0.3 is 65.1 Å². The van der Waals surface area contributed by atoms with Crippen LogP contribution in [0.5, 0.6) is 0 Å². The van der Waals surface area contributed by atoms with Gasteiger partial charge in [0.25, 0.3) is 0 Å². The van der Waals surface area contributed by atoms with Crippen LogP contribution >= 0.6 is 0 Å². The van der Waals surface area contributed by atoms with Crippen molar-refractivity contribution < 1.29 is 64.6 Å². The van der Waals surface area contributed by atoms with E-state index in [1.165, 1.54) is 334 Å². The Morgan fingerprint density at radius 1 is 0.343 bits per heavy atom. The maximum absolute atomic E-state index is 13.4. The minimum atomic E-state index is -1.79. The number of ether oxygens (including phenoxy) is 4. The van der Waals surface area contributed by atoms with Gasteiger partial charge in [0.05, 0.1) is 32.0 Å². The first-order valence-electron chi connectivity index (χ1n) is 43.9. The lowest BCUT2D eigenvalue weighted by molar-refractivity contribution is -0.359. The van der Waals surface area contributed by atoms with Crippen LogP contribution in [0.15, 0.2) is 48.6 Å². The second-order valence-electron chi connectivity index (χ2n) is 31.0. The first-order valence-corrected chi connectivity index (χ1v) is 43.9. The second-order valence-corrected chi connectivity index (χ2v) is 31.0. The van der Waals surface area contributed by atoms with Crippen LogP contribution in [0, 0.1) is 0 Å². The molecule has 1 amide bonds. The van der Waals surface area contributed by atoms with E-state index in [1.807, 2.05) is 6.08 Å². The van der Waals surface area contributed by atoms with E-state index in [0.717, 1.165) is 44.9 Å². The Hall–Kier alpha value is -2.05. The van der Waals surface area contributed by atoms with Crippen molar-refractivity contribution in [2.24, 2.45) is 0 Å². The molecule has 0 saturated carbocycles. The molecule has 0 aromatic carbocycles. The molecule has 12 atom stereocenters. The third-order valence-corrected chi connectivity index (χ3v) is 21.5. The lowest BCUT2D eigenvalue weighted by Gasteiger charge is -2.46. The van der Waals surface area contributed by atoms with Gasteiger partial charge in [-0.3, -0.25) is 4.79 Å². The summed E-state index contributed by atoms with van der Waals surface area (Å²) in [5, 5.41) is 87.8. The van der Waals surface area contributed by atoms with Gasteiger partial charge in [-0.1, -0.05) is 383 Å². The van der Waals surface area contributed by atoms with Gasteiger partial charge in [-0.25, -0.2) is 0 Å². The fourth-order valence-corrected chi connectivity index (χ4v) is 14.6. The van der Waals surface area contributed by atoms with Gasteiger partial charge in [0, 0.05) is 6.42 Å². The minimum Gasteiger partial charge on any atom is -0.394 e. The maximum Gasteiger partial charge on any atom is 0.220 e. The molecule has 12 unspecified atom stereocenters. The molecule has 0 spiro atoms. The Labute approximate surface area is 626 Å². The summed E-state index contributed by atoms with van der Waals surface area (Å²) < 4.78 is 22.9. The quantitative estimate of drug-likeness (QED) is 0.0204. The Bertz CT molecular complexity index is 1900. The third-order valence-electron chi connectivity index (χ3n) is 21.5. The van der Waals surface area contributed by atoms with Crippen molar-refractivity contribution in [3.8, 4) is 0 Å². The largest absolute Gasteiger partial charge is 0.394 e. The average Bonchev–Trinajstić information content (AvgIpc) is 0.790. The third kappa shape index (κ3) is 53.7. The van der Waals surface area contributed by atoms with Crippen molar-refractivity contribution in [2.75, 3.05) is 19.8 Å². The van der Waals surface area contributed by atoms with E-state index in [9.17, 15) is 45.6 Å². The summed E-state index contributed by atoms with van der Waals surface area (Å²) in [7, 11) is 0. The zero-order valence-electron chi connectivity index (χ0n) is 66.1. The van der Waals surface area contributed by atoms with Crippen LogP contribution in [-0.4, -0.2) is 140 Å². The van der Waals surface area contributed by atoms with E-state index in [2.05, 4.69) is 55.6 Å². The average molecular weight is 1450 g/mol. The molecule has 14 heteroatoms. The molecule has 0 aromatic rings. The normalized spacial score (nSPS) is 21.8. The van der Waals surface area contributed by atoms with Crippen molar-refractivity contribution in [3.63, 3.8) is 0 Å². The first-order chi connectivity index (χ1) is 50.1. The Balaban J connectivity index is 1.60. The smallest absolute Gasteiger partial charge is 0.220 e. The Kier molecular flexibility index (Phi) is 67.6. The van der Waals surface area contributed by atoms with E-state index >= 15 is 0 Å². The Morgan fingerprint density at radius 2 is 0.627 bits per heavy atom. The molecule has 2 aliphatic rings. The van der Waals surface area contributed by atoms with Gasteiger partial charge in [-0.05, 0) is 70.6 Å². The molecule has 9 N–H and O–H groups in total. The highest BCUT2D eigenvalue weighted by molar-refractivity contribution is 5.76. The predicted octanol–water partition coefficient (Wildman–Crippen LogP) is 20.9. The van der Waals surface area contributed by atoms with Gasteiger partial charge in [-0.15, -0.1) is 0 Å². The van der Waals surface area contributed by atoms with Crippen LogP contribution in [0.4, 0.5) is 0 Å². The highest BCUT2D eigenvalue weighted by Crippen LogP contribution is 2.31. The molecule has 600 valence electrons. The number of aliphatic hydroxyl groups excluding tert-OH is 8. The summed E-state index contributed by atoms with van der Waals surface area (Å²) in [5.41, 5.74) is 0. The molecule has 0 bridgehead atoms. The number of unbranched alkanes of at least 4 members (excludes halogenated alkanes) is 56. The van der Waals surface area contributed by atoms with Crippen LogP contribution in [0.2, 0.25) is 0 Å². The first kappa shape index (κ1) is 96.0. The molecule has 0 radical (unpaired) electrons. The van der Waals surface area contributed by atoms with E-state index in [0.29, 0.717) is 12.8 Å². The van der Waals surface area contributed by atoms with Crippen molar-refractivity contribution in [1.82, 2.24) is 5.32 Å². The molecular weight excluding hydrogens is 1280 g/mol. The summed E-state index contributed by atoms with van der Waals surface area (Å²) in [5.74, 6) is -0.245. The fourth-order valence-electron chi connectivity index (χ4n) is 14.6. The topological polar surface area (TPSA) is 228 Å². The number of carbonyl (C=O) groups is 1. The van der Waals surface area contributed by atoms with Gasteiger partial charge >= 0.3 is 0 Å². The molecule has 2 heterocycles. The highest BCUT2D eigenvalue weighted by Gasteiger charge is 2.51. The van der Waals surface area contributed by atoms with Gasteiger partial charge in [-0.2, -0.15) is 0 Å². The summed E-state index contributed by atoms with van der Waals surface area (Å²) in [4.78, 5) is 13.4. The Morgan fingerprint density at radius 3 is 0.961 bits per heavy atom. The molecule has 2 rings (SSSR count). The lowest BCUT2D eigenvalue weighted by atomic mass is 9.97. The van der Waals surface area contributed by atoms with Crippen LogP contribution in [0.1, 0.15) is 412 Å². The lowest BCUT2D eigenvalue weighted by Crippen LogP contribution is -2.65. The zero-order valence-corrected chi connectivity index (χ0v) is 66.1. The fraction of sp³-hybridized carbons (Fsp3) is 0.898. The molecule has 102 heavy (non-hydrogen) atoms. The SMILES string of the molecule is CCCCCCCCCC/C=C\CCCCCCCCCCCCCCCCCCCCCCCCCC(=O)NC(COC1OC(CO)C(OC2OC(CO)C(O)C(O)C2O)C(O)C1O)C(O)/C=C/CC/C=C/CC/C=C/CCCCCCCCCCCCCCCCCCCCCCCCC. The number of amides is 1. The van der Waals surface area contributed by atoms with Crippen molar-refractivity contribution in [1.29, 1.82) is 0 Å². The number of hydrogen-bond acceptors (Lipinski definition) is 13. The standard InChI is InChI=1S/C88H165NO13/c1-3-5-7-9-11-13-15-17-19-21-23-25-27-29-31-33-35-37-38-40-42-44-46-48-50-52-54-56-58-60-62-64-66-68-70-72-80(93)89-76(75-99-87-85(98)83(96)86(79(74-91)101-87)102-88-84(97)82(95)81(94)78(73-90)100-88)77(92)71-69-67-65-63-61-59-57-55-53-51-49-47-45-43-41-39-36-34-32-30-28-26-24-22-20-18-16-14-12-10-8-6-4-2/h21,23,53,55,61,63,69,71,76-79,81-88,90-92,94-98H,3-20,22,24-52,54,56-60,62,64-68,70,72-75H2,1-2H3,(H,89,93)/b23-21-,55-53+,63-61+,71-69+. The summed E-state index contributed by atoms with van der Waals surface area (Å²) in [6, 6.07) is -0.940. The second kappa shape index (κ2) is 71.8. The van der Waals surface area contributed by atoms with Crippen LogP contribution < -0.4 is 5.32 Å². The maximum atomic E-state index is 13.4. The van der Waals surface area contributed by atoms with E-state index in [4.69, 9.17) is 18.9 Å². The molecule has 14 nitrogen and oxygen atoms in total. The van der Waals surface area contributed by atoms with Crippen LogP contribution in [0.25, 0.3) is 0 Å².